The molecule has 0 amide bonds. The molecule has 1 nitrogen and oxygen atoms in total. The smallest absolute Gasteiger partial charge is 0.0585 e. The third kappa shape index (κ3) is 3.71. The molecular formula is C18H22BrN. The zero-order valence-corrected chi connectivity index (χ0v) is 13.8. The van der Waals surface area contributed by atoms with Gasteiger partial charge < -0.3 is 5.32 Å². The van der Waals surface area contributed by atoms with E-state index in [0.29, 0.717) is 0 Å². The van der Waals surface area contributed by atoms with Gasteiger partial charge in [-0.2, -0.15) is 0 Å². The molecule has 0 aromatic heterocycles. The van der Waals surface area contributed by atoms with E-state index in [4.69, 9.17) is 0 Å². The highest BCUT2D eigenvalue weighted by Gasteiger charge is 2.14. The average Bonchev–Trinajstić information content (AvgIpc) is 2.49. The number of hydrogen-bond donors (Lipinski definition) is 1. The molecule has 0 fully saturated rings. The van der Waals surface area contributed by atoms with Crippen LogP contribution in [0.15, 0.2) is 53.0 Å². The Morgan fingerprint density at radius 1 is 1.05 bits per heavy atom. The molecule has 1 atom stereocenters. The Balaban J connectivity index is 2.22. The SMILES string of the molecule is CCCCc1ccc(C(NC)c2ccccc2Br)cc1. The van der Waals surface area contributed by atoms with Crippen LogP contribution in [-0.2, 0) is 6.42 Å². The van der Waals surface area contributed by atoms with E-state index in [2.05, 4.69) is 70.6 Å². The molecule has 2 rings (SSSR count). The van der Waals surface area contributed by atoms with Gasteiger partial charge in [-0.3, -0.25) is 0 Å². The monoisotopic (exact) mass is 331 g/mol. The lowest BCUT2D eigenvalue weighted by Gasteiger charge is -2.19. The number of nitrogens with one attached hydrogen (secondary N) is 1. The lowest BCUT2D eigenvalue weighted by molar-refractivity contribution is 0.688. The number of rotatable bonds is 6. The van der Waals surface area contributed by atoms with Crippen molar-refractivity contribution in [3.05, 3.63) is 69.7 Å². The maximum absolute atomic E-state index is 3.64. The average molecular weight is 332 g/mol. The third-order valence-electron chi connectivity index (χ3n) is 3.64. The normalized spacial score (nSPS) is 12.3. The van der Waals surface area contributed by atoms with Gasteiger partial charge in [-0.1, -0.05) is 71.7 Å². The maximum Gasteiger partial charge on any atom is 0.0585 e. The van der Waals surface area contributed by atoms with Crippen LogP contribution < -0.4 is 5.32 Å². The summed E-state index contributed by atoms with van der Waals surface area (Å²) in [7, 11) is 2.01. The number of unbranched alkanes of at least 4 members (excludes halogenated alkanes) is 1. The summed E-state index contributed by atoms with van der Waals surface area (Å²) in [6.07, 6.45) is 3.69. The van der Waals surface area contributed by atoms with Crippen molar-refractivity contribution in [1.29, 1.82) is 0 Å². The quantitative estimate of drug-likeness (QED) is 0.776. The second kappa shape index (κ2) is 7.61. The maximum atomic E-state index is 3.64. The first kappa shape index (κ1) is 15.3. The molecule has 0 spiro atoms. The van der Waals surface area contributed by atoms with Crippen LogP contribution in [0, 0.1) is 0 Å². The van der Waals surface area contributed by atoms with Gasteiger partial charge in [-0.25, -0.2) is 0 Å². The molecule has 2 aromatic rings. The van der Waals surface area contributed by atoms with Gasteiger partial charge in [0.15, 0.2) is 0 Å². The zero-order valence-electron chi connectivity index (χ0n) is 12.2. The molecule has 0 heterocycles. The first-order chi connectivity index (χ1) is 9.76. The van der Waals surface area contributed by atoms with Crippen molar-refractivity contribution in [3.8, 4) is 0 Å². The molecule has 2 aromatic carbocycles. The molecule has 0 aliphatic rings. The Hall–Kier alpha value is -1.12. The number of benzene rings is 2. The van der Waals surface area contributed by atoms with Crippen molar-refractivity contribution in [2.45, 2.75) is 32.2 Å². The summed E-state index contributed by atoms with van der Waals surface area (Å²) in [5.74, 6) is 0. The first-order valence-electron chi connectivity index (χ1n) is 7.26. The third-order valence-corrected chi connectivity index (χ3v) is 4.36. The molecule has 0 bridgehead atoms. The lowest BCUT2D eigenvalue weighted by Crippen LogP contribution is -2.18. The summed E-state index contributed by atoms with van der Waals surface area (Å²) < 4.78 is 1.15. The topological polar surface area (TPSA) is 12.0 Å². The van der Waals surface area contributed by atoms with E-state index in [9.17, 15) is 0 Å². The first-order valence-corrected chi connectivity index (χ1v) is 8.06. The molecule has 1 N–H and O–H groups in total. The molecule has 106 valence electrons. The van der Waals surface area contributed by atoms with Gasteiger partial charge in [-0.15, -0.1) is 0 Å². The summed E-state index contributed by atoms with van der Waals surface area (Å²) >= 11 is 3.64. The van der Waals surface area contributed by atoms with Crippen molar-refractivity contribution < 1.29 is 0 Å². The fourth-order valence-corrected chi connectivity index (χ4v) is 2.98. The van der Waals surface area contributed by atoms with Crippen LogP contribution in [0.2, 0.25) is 0 Å². The molecule has 2 heteroatoms. The van der Waals surface area contributed by atoms with Crippen LogP contribution in [0.5, 0.6) is 0 Å². The predicted molar refractivity (Wildman–Crippen MR) is 90.1 cm³/mol. The number of hydrogen-bond acceptors (Lipinski definition) is 1. The summed E-state index contributed by atoms with van der Waals surface area (Å²) in [6, 6.07) is 17.6. The van der Waals surface area contributed by atoms with E-state index in [1.54, 1.807) is 0 Å². The number of halogens is 1. The van der Waals surface area contributed by atoms with Crippen molar-refractivity contribution in [2.24, 2.45) is 0 Å². The van der Waals surface area contributed by atoms with E-state index in [-0.39, 0.29) is 6.04 Å². The molecule has 20 heavy (non-hydrogen) atoms. The molecule has 0 aliphatic heterocycles. The van der Waals surface area contributed by atoms with Gasteiger partial charge in [-0.05, 0) is 42.6 Å². The van der Waals surface area contributed by atoms with Crippen molar-refractivity contribution >= 4 is 15.9 Å². The summed E-state index contributed by atoms with van der Waals surface area (Å²) in [6.45, 7) is 2.23. The molecule has 0 saturated carbocycles. The van der Waals surface area contributed by atoms with Gasteiger partial charge in [0.2, 0.25) is 0 Å². The Morgan fingerprint density at radius 2 is 1.75 bits per heavy atom. The van der Waals surface area contributed by atoms with Crippen molar-refractivity contribution in [3.63, 3.8) is 0 Å². The van der Waals surface area contributed by atoms with Crippen LogP contribution in [0.1, 0.15) is 42.5 Å². The van der Waals surface area contributed by atoms with Gasteiger partial charge in [0.1, 0.15) is 0 Å². The molecule has 0 saturated heterocycles. The minimum atomic E-state index is 0.228. The Bertz CT molecular complexity index is 533. The van der Waals surface area contributed by atoms with Crippen LogP contribution >= 0.6 is 15.9 Å². The van der Waals surface area contributed by atoms with E-state index in [1.807, 2.05) is 13.1 Å². The number of aryl methyl sites for hydroxylation is 1. The largest absolute Gasteiger partial charge is 0.309 e. The Kier molecular flexibility index (Phi) is 5.81. The zero-order chi connectivity index (χ0) is 14.4. The molecule has 1 unspecified atom stereocenters. The second-order valence-corrected chi connectivity index (χ2v) is 5.94. The molecule has 0 radical (unpaired) electrons. The van der Waals surface area contributed by atoms with Gasteiger partial charge in [0.05, 0.1) is 6.04 Å². The fourth-order valence-electron chi connectivity index (χ4n) is 2.47. The molecular weight excluding hydrogens is 310 g/mol. The van der Waals surface area contributed by atoms with Crippen LogP contribution in [0.3, 0.4) is 0 Å². The van der Waals surface area contributed by atoms with E-state index in [1.165, 1.54) is 36.0 Å². The van der Waals surface area contributed by atoms with Crippen LogP contribution in [0.25, 0.3) is 0 Å². The fraction of sp³-hybridized carbons (Fsp3) is 0.333. The molecule has 0 aliphatic carbocycles. The lowest BCUT2D eigenvalue weighted by atomic mass is 9.97. The van der Waals surface area contributed by atoms with Crippen LogP contribution in [0.4, 0.5) is 0 Å². The Morgan fingerprint density at radius 3 is 2.35 bits per heavy atom. The predicted octanol–water partition coefficient (Wildman–Crippen LogP) is 5.10. The van der Waals surface area contributed by atoms with Crippen LogP contribution in [-0.4, -0.2) is 7.05 Å². The minimum Gasteiger partial charge on any atom is -0.309 e. The van der Waals surface area contributed by atoms with E-state index >= 15 is 0 Å². The standard InChI is InChI=1S/C18H22BrN/c1-3-4-7-14-10-12-15(13-11-14)18(20-2)16-8-5-6-9-17(16)19/h5-6,8-13,18,20H,3-4,7H2,1-2H3. The van der Waals surface area contributed by atoms with Crippen molar-refractivity contribution in [2.75, 3.05) is 7.05 Å². The summed E-state index contributed by atoms with van der Waals surface area (Å²) in [5.41, 5.74) is 4.01. The minimum absolute atomic E-state index is 0.228. The van der Waals surface area contributed by atoms with E-state index < -0.39 is 0 Å². The Labute approximate surface area is 130 Å². The van der Waals surface area contributed by atoms with Gasteiger partial charge in [0, 0.05) is 4.47 Å². The second-order valence-electron chi connectivity index (χ2n) is 5.09. The van der Waals surface area contributed by atoms with Gasteiger partial charge >= 0.3 is 0 Å². The van der Waals surface area contributed by atoms with Crippen molar-refractivity contribution in [1.82, 2.24) is 5.32 Å². The highest BCUT2D eigenvalue weighted by Crippen LogP contribution is 2.28. The van der Waals surface area contributed by atoms with Gasteiger partial charge in [0.25, 0.3) is 0 Å². The summed E-state index contributed by atoms with van der Waals surface area (Å²) in [4.78, 5) is 0. The van der Waals surface area contributed by atoms with E-state index in [0.717, 1.165) is 4.47 Å². The highest BCUT2D eigenvalue weighted by molar-refractivity contribution is 9.10. The highest BCUT2D eigenvalue weighted by atomic mass is 79.9. The summed E-state index contributed by atoms with van der Waals surface area (Å²) in [5, 5.41) is 3.41.